The fourth-order valence-electron chi connectivity index (χ4n) is 2.34. The highest BCUT2D eigenvalue weighted by Crippen LogP contribution is 2.15. The monoisotopic (exact) mass is 362 g/mol. The molecule has 27 heavy (non-hydrogen) atoms. The van der Waals surface area contributed by atoms with Crippen molar-refractivity contribution >= 4 is 29.0 Å². The smallest absolute Gasteiger partial charge is 0.322 e. The van der Waals surface area contributed by atoms with Gasteiger partial charge >= 0.3 is 6.03 Å². The molecule has 0 spiro atoms. The van der Waals surface area contributed by atoms with Crippen molar-refractivity contribution in [3.63, 3.8) is 0 Å². The van der Waals surface area contributed by atoms with E-state index in [2.05, 4.69) is 16.0 Å². The summed E-state index contributed by atoms with van der Waals surface area (Å²) in [6.45, 7) is 0. The molecule has 7 heteroatoms. The first-order chi connectivity index (χ1) is 13.0. The van der Waals surface area contributed by atoms with Crippen LogP contribution in [-0.4, -0.2) is 16.5 Å². The normalized spacial score (nSPS) is 10.1. The Hall–Kier alpha value is -3.87. The van der Waals surface area contributed by atoms with Crippen molar-refractivity contribution in [1.29, 1.82) is 0 Å². The summed E-state index contributed by atoms with van der Waals surface area (Å²) in [5.74, 6) is -0.379. The molecule has 1 aromatic heterocycles. The zero-order valence-electron chi connectivity index (χ0n) is 14.6. The standard InChI is InChI=1S/C20H18N4O3/c1-24-12-11-14(13-18(24)25)19(26)21-16-7-9-17(10-8-16)23-20(27)22-15-5-3-2-4-6-15/h2-13H,1H3,(H,21,26)(H2,22,23,27). The van der Waals surface area contributed by atoms with Gasteiger partial charge in [-0.1, -0.05) is 18.2 Å². The number of aryl methyl sites for hydroxylation is 1. The minimum absolute atomic E-state index is 0.258. The Kier molecular flexibility index (Phi) is 5.32. The molecule has 0 saturated heterocycles. The molecule has 0 fully saturated rings. The Morgan fingerprint density at radius 3 is 1.93 bits per heavy atom. The van der Waals surface area contributed by atoms with Crippen LogP contribution >= 0.6 is 0 Å². The summed E-state index contributed by atoms with van der Waals surface area (Å²) >= 11 is 0. The fraction of sp³-hybridized carbons (Fsp3) is 0.0500. The largest absolute Gasteiger partial charge is 0.323 e. The number of anilines is 3. The third kappa shape index (κ3) is 4.82. The number of aromatic nitrogens is 1. The van der Waals surface area contributed by atoms with Gasteiger partial charge in [0, 0.05) is 41.9 Å². The average molecular weight is 362 g/mol. The van der Waals surface area contributed by atoms with E-state index >= 15 is 0 Å². The Balaban J connectivity index is 1.59. The van der Waals surface area contributed by atoms with Gasteiger partial charge in [-0.05, 0) is 42.5 Å². The zero-order valence-corrected chi connectivity index (χ0v) is 14.6. The van der Waals surface area contributed by atoms with Gasteiger partial charge in [0.05, 0.1) is 0 Å². The third-order valence-electron chi connectivity index (χ3n) is 3.80. The molecule has 0 radical (unpaired) electrons. The maximum absolute atomic E-state index is 12.2. The van der Waals surface area contributed by atoms with E-state index in [0.717, 1.165) is 0 Å². The molecule has 136 valence electrons. The van der Waals surface area contributed by atoms with Crippen LogP contribution in [0.3, 0.4) is 0 Å². The Morgan fingerprint density at radius 2 is 1.33 bits per heavy atom. The quantitative estimate of drug-likeness (QED) is 0.665. The number of hydrogen-bond acceptors (Lipinski definition) is 3. The summed E-state index contributed by atoms with van der Waals surface area (Å²) in [6, 6.07) is 18.2. The Morgan fingerprint density at radius 1 is 0.778 bits per heavy atom. The molecule has 0 atom stereocenters. The van der Waals surface area contributed by atoms with Gasteiger partial charge in [0.25, 0.3) is 11.5 Å². The van der Waals surface area contributed by atoms with Crippen LogP contribution in [0, 0.1) is 0 Å². The molecule has 3 rings (SSSR count). The van der Waals surface area contributed by atoms with Crippen LogP contribution in [0.4, 0.5) is 21.9 Å². The van der Waals surface area contributed by atoms with Crippen LogP contribution in [0.15, 0.2) is 77.7 Å². The van der Waals surface area contributed by atoms with E-state index in [4.69, 9.17) is 0 Å². The number of amides is 3. The predicted octanol–water partition coefficient (Wildman–Crippen LogP) is 3.28. The minimum atomic E-state index is -0.379. The van der Waals surface area contributed by atoms with Crippen LogP contribution in [0.2, 0.25) is 0 Å². The Labute approximate surface area is 155 Å². The summed E-state index contributed by atoms with van der Waals surface area (Å²) in [6.07, 6.45) is 1.54. The lowest BCUT2D eigenvalue weighted by molar-refractivity contribution is 0.102. The number of hydrogen-bond donors (Lipinski definition) is 3. The number of pyridine rings is 1. The van der Waals surface area contributed by atoms with Crippen LogP contribution < -0.4 is 21.5 Å². The number of carbonyl (C=O) groups excluding carboxylic acids is 2. The zero-order chi connectivity index (χ0) is 19.2. The van der Waals surface area contributed by atoms with Crippen LogP contribution in [0.1, 0.15) is 10.4 Å². The number of benzene rings is 2. The molecule has 0 aliphatic rings. The minimum Gasteiger partial charge on any atom is -0.322 e. The molecule has 0 aliphatic heterocycles. The van der Waals surface area contributed by atoms with E-state index in [9.17, 15) is 14.4 Å². The van der Waals surface area contributed by atoms with Gasteiger partial charge in [-0.25, -0.2) is 4.79 Å². The molecule has 7 nitrogen and oxygen atoms in total. The number of carbonyl (C=O) groups is 2. The maximum atomic E-state index is 12.2. The topological polar surface area (TPSA) is 92.2 Å². The molecule has 2 aromatic carbocycles. The van der Waals surface area contributed by atoms with Gasteiger partial charge in [-0.3, -0.25) is 9.59 Å². The van der Waals surface area contributed by atoms with Crippen LogP contribution in [0.5, 0.6) is 0 Å². The van der Waals surface area contributed by atoms with Crippen molar-refractivity contribution < 1.29 is 9.59 Å². The van der Waals surface area contributed by atoms with Crippen molar-refractivity contribution in [1.82, 2.24) is 4.57 Å². The molecule has 3 N–H and O–H groups in total. The van der Waals surface area contributed by atoms with E-state index in [1.54, 1.807) is 49.5 Å². The second-order valence-electron chi connectivity index (χ2n) is 5.84. The molecular weight excluding hydrogens is 344 g/mol. The highest BCUT2D eigenvalue weighted by molar-refractivity contribution is 6.04. The van der Waals surface area contributed by atoms with Crippen molar-refractivity contribution in [2.75, 3.05) is 16.0 Å². The molecular formula is C20H18N4O3. The van der Waals surface area contributed by atoms with Crippen molar-refractivity contribution in [3.8, 4) is 0 Å². The summed E-state index contributed by atoms with van der Waals surface area (Å²) in [5, 5.41) is 8.14. The lowest BCUT2D eigenvalue weighted by Crippen LogP contribution is -2.20. The van der Waals surface area contributed by atoms with Gasteiger partial charge in [-0.15, -0.1) is 0 Å². The second-order valence-corrected chi connectivity index (χ2v) is 5.84. The average Bonchev–Trinajstić information content (AvgIpc) is 2.66. The first-order valence-corrected chi connectivity index (χ1v) is 8.22. The van der Waals surface area contributed by atoms with Crippen molar-refractivity contribution in [2.24, 2.45) is 7.05 Å². The lowest BCUT2D eigenvalue weighted by Gasteiger charge is -2.09. The number of para-hydroxylation sites is 1. The summed E-state index contributed by atoms with van der Waals surface area (Å²) in [5.41, 5.74) is 1.84. The first kappa shape index (κ1) is 17.9. The lowest BCUT2D eigenvalue weighted by atomic mass is 10.2. The van der Waals surface area contributed by atoms with Crippen molar-refractivity contribution in [3.05, 3.63) is 88.8 Å². The number of nitrogens with zero attached hydrogens (tertiary/aromatic N) is 1. The first-order valence-electron chi connectivity index (χ1n) is 8.22. The molecule has 1 heterocycles. The molecule has 0 bridgehead atoms. The van der Waals surface area contributed by atoms with Gasteiger partial charge in [0.1, 0.15) is 0 Å². The van der Waals surface area contributed by atoms with Crippen molar-refractivity contribution in [2.45, 2.75) is 0 Å². The van der Waals surface area contributed by atoms with E-state index in [0.29, 0.717) is 17.1 Å². The molecule has 0 aliphatic carbocycles. The molecule has 3 aromatic rings. The summed E-state index contributed by atoms with van der Waals surface area (Å²) in [4.78, 5) is 35.8. The highest BCUT2D eigenvalue weighted by Gasteiger charge is 2.08. The van der Waals surface area contributed by atoms with E-state index in [1.807, 2.05) is 18.2 Å². The van der Waals surface area contributed by atoms with Crippen LogP contribution in [-0.2, 0) is 7.05 Å². The second kappa shape index (κ2) is 8.01. The van der Waals surface area contributed by atoms with Gasteiger partial charge in [-0.2, -0.15) is 0 Å². The summed E-state index contributed by atoms with van der Waals surface area (Å²) in [7, 11) is 1.61. The Bertz CT molecular complexity index is 1010. The van der Waals surface area contributed by atoms with Gasteiger partial charge < -0.3 is 20.5 Å². The van der Waals surface area contributed by atoms with Gasteiger partial charge in [0.15, 0.2) is 0 Å². The maximum Gasteiger partial charge on any atom is 0.323 e. The SMILES string of the molecule is Cn1ccc(C(=O)Nc2ccc(NC(=O)Nc3ccccc3)cc2)cc1=O. The van der Waals surface area contributed by atoms with E-state index in [-0.39, 0.29) is 23.1 Å². The predicted molar refractivity (Wildman–Crippen MR) is 105 cm³/mol. The highest BCUT2D eigenvalue weighted by atomic mass is 16.2. The third-order valence-corrected chi connectivity index (χ3v) is 3.80. The molecule has 3 amide bonds. The number of urea groups is 1. The van der Waals surface area contributed by atoms with Gasteiger partial charge in [0.2, 0.25) is 0 Å². The number of rotatable bonds is 4. The van der Waals surface area contributed by atoms with E-state index in [1.165, 1.54) is 16.8 Å². The summed E-state index contributed by atoms with van der Waals surface area (Å²) < 4.78 is 1.39. The molecule has 0 saturated carbocycles. The molecule has 0 unspecified atom stereocenters. The fourth-order valence-corrected chi connectivity index (χ4v) is 2.34. The van der Waals surface area contributed by atoms with E-state index < -0.39 is 0 Å². The van der Waals surface area contributed by atoms with Crippen LogP contribution in [0.25, 0.3) is 0 Å². The number of nitrogens with one attached hydrogen (secondary N) is 3.